The summed E-state index contributed by atoms with van der Waals surface area (Å²) in [6.07, 6.45) is 4.27. The van der Waals surface area contributed by atoms with Crippen LogP contribution < -0.4 is 10.5 Å². The number of ether oxygens (including phenoxy) is 1. The van der Waals surface area contributed by atoms with E-state index in [1.54, 1.807) is 18.0 Å². The zero-order valence-corrected chi connectivity index (χ0v) is 12.0. The molecule has 0 fully saturated rings. The highest BCUT2D eigenvalue weighted by Crippen LogP contribution is 2.27. The normalized spacial score (nSPS) is 14.1. The monoisotopic (exact) mass is 277 g/mol. The molecule has 2 unspecified atom stereocenters. The number of rotatable bonds is 6. The van der Waals surface area contributed by atoms with Crippen LogP contribution in [0.3, 0.4) is 0 Å². The Bertz CT molecular complexity index is 481. The first-order chi connectivity index (χ1) is 9.24. The molecule has 19 heavy (non-hydrogen) atoms. The van der Waals surface area contributed by atoms with Crippen LogP contribution in [0, 0.1) is 0 Å². The number of hydrogen-bond donors (Lipinski definition) is 1. The Balaban J connectivity index is 2.15. The van der Waals surface area contributed by atoms with Crippen molar-refractivity contribution in [3.8, 4) is 5.75 Å². The highest BCUT2D eigenvalue weighted by molar-refractivity contribution is 7.98. The fourth-order valence-electron chi connectivity index (χ4n) is 1.82. The van der Waals surface area contributed by atoms with Crippen LogP contribution in [0.15, 0.2) is 52.0 Å². The lowest BCUT2D eigenvalue weighted by Crippen LogP contribution is -2.31. The first-order valence-corrected chi connectivity index (χ1v) is 7.56. The summed E-state index contributed by atoms with van der Waals surface area (Å²) in [5.74, 6) is 1.58. The van der Waals surface area contributed by atoms with Gasteiger partial charge in [-0.25, -0.2) is 0 Å². The van der Waals surface area contributed by atoms with Gasteiger partial charge < -0.3 is 14.9 Å². The Morgan fingerprint density at radius 2 is 2.00 bits per heavy atom. The molecule has 1 aromatic heterocycles. The smallest absolute Gasteiger partial charge is 0.171 e. The minimum atomic E-state index is -0.250. The first-order valence-electron chi connectivity index (χ1n) is 6.34. The van der Waals surface area contributed by atoms with Crippen molar-refractivity contribution in [3.05, 3.63) is 48.4 Å². The second kappa shape index (κ2) is 6.68. The van der Waals surface area contributed by atoms with Crippen LogP contribution in [0.25, 0.3) is 0 Å². The molecule has 0 amide bonds. The summed E-state index contributed by atoms with van der Waals surface area (Å²) >= 11 is 1.71. The summed E-state index contributed by atoms with van der Waals surface area (Å²) < 4.78 is 11.4. The third-order valence-electron chi connectivity index (χ3n) is 3.01. The highest BCUT2D eigenvalue weighted by Gasteiger charge is 2.23. The lowest BCUT2D eigenvalue weighted by molar-refractivity contribution is 0.144. The van der Waals surface area contributed by atoms with Crippen molar-refractivity contribution in [3.63, 3.8) is 0 Å². The van der Waals surface area contributed by atoms with Crippen LogP contribution in [0.4, 0.5) is 0 Å². The third-order valence-corrected chi connectivity index (χ3v) is 3.75. The lowest BCUT2D eigenvalue weighted by Gasteiger charge is -2.22. The number of thioether (sulfide) groups is 1. The Morgan fingerprint density at radius 1 is 1.26 bits per heavy atom. The Kier molecular flexibility index (Phi) is 4.93. The molecule has 0 bridgehead atoms. The van der Waals surface area contributed by atoms with Crippen LogP contribution in [0.1, 0.15) is 25.2 Å². The molecule has 0 aliphatic heterocycles. The lowest BCUT2D eigenvalue weighted by atomic mass is 10.1. The van der Waals surface area contributed by atoms with E-state index in [2.05, 4.69) is 6.26 Å². The SMILES string of the molecule is CCC(N)C(Oc1ccc(SC)cc1)c1ccco1. The molecule has 0 spiro atoms. The first kappa shape index (κ1) is 14.0. The van der Waals surface area contributed by atoms with Crippen LogP contribution >= 0.6 is 11.8 Å². The predicted octanol–water partition coefficient (Wildman–Crippen LogP) is 3.86. The predicted molar refractivity (Wildman–Crippen MR) is 78.6 cm³/mol. The van der Waals surface area contributed by atoms with E-state index < -0.39 is 0 Å². The molecular weight excluding hydrogens is 258 g/mol. The molecule has 2 aromatic rings. The largest absolute Gasteiger partial charge is 0.481 e. The zero-order valence-electron chi connectivity index (χ0n) is 11.2. The minimum Gasteiger partial charge on any atom is -0.481 e. The van der Waals surface area contributed by atoms with Crippen LogP contribution in [0.5, 0.6) is 5.75 Å². The van der Waals surface area contributed by atoms with Crippen molar-refractivity contribution < 1.29 is 9.15 Å². The van der Waals surface area contributed by atoms with Crippen molar-refractivity contribution in [1.29, 1.82) is 0 Å². The van der Waals surface area contributed by atoms with Crippen LogP contribution in [-0.4, -0.2) is 12.3 Å². The highest BCUT2D eigenvalue weighted by atomic mass is 32.2. The van der Waals surface area contributed by atoms with Gasteiger partial charge in [0.1, 0.15) is 11.5 Å². The van der Waals surface area contributed by atoms with Gasteiger partial charge in [0.15, 0.2) is 6.10 Å². The average Bonchev–Trinajstić information content (AvgIpc) is 2.98. The molecule has 2 rings (SSSR count). The van der Waals surface area contributed by atoms with Gasteiger partial charge in [0.05, 0.1) is 6.26 Å². The number of hydrogen-bond acceptors (Lipinski definition) is 4. The summed E-state index contributed by atoms with van der Waals surface area (Å²) in [7, 11) is 0. The van der Waals surface area contributed by atoms with Crippen molar-refractivity contribution in [1.82, 2.24) is 0 Å². The van der Waals surface area contributed by atoms with Crippen molar-refractivity contribution in [2.24, 2.45) is 5.73 Å². The van der Waals surface area contributed by atoms with Gasteiger partial charge in [-0.3, -0.25) is 0 Å². The molecular formula is C15H19NO2S. The number of furan rings is 1. The Hall–Kier alpha value is -1.39. The molecule has 0 saturated heterocycles. The molecule has 3 nitrogen and oxygen atoms in total. The van der Waals surface area contributed by atoms with Crippen LogP contribution in [0.2, 0.25) is 0 Å². The van der Waals surface area contributed by atoms with Gasteiger partial charge in [0, 0.05) is 10.9 Å². The molecule has 2 atom stereocenters. The van der Waals surface area contributed by atoms with Crippen molar-refractivity contribution >= 4 is 11.8 Å². The van der Waals surface area contributed by atoms with Gasteiger partial charge in [0.2, 0.25) is 0 Å². The summed E-state index contributed by atoms with van der Waals surface area (Å²) in [5.41, 5.74) is 6.12. The molecule has 102 valence electrons. The third kappa shape index (κ3) is 3.55. The van der Waals surface area contributed by atoms with Gasteiger partial charge in [-0.2, -0.15) is 0 Å². The molecule has 4 heteroatoms. The molecule has 0 aliphatic carbocycles. The average molecular weight is 277 g/mol. The maximum absolute atomic E-state index is 6.12. The van der Waals surface area contributed by atoms with Gasteiger partial charge >= 0.3 is 0 Å². The van der Waals surface area contributed by atoms with Gasteiger partial charge in [-0.15, -0.1) is 11.8 Å². The van der Waals surface area contributed by atoms with E-state index in [-0.39, 0.29) is 12.1 Å². The van der Waals surface area contributed by atoms with E-state index >= 15 is 0 Å². The van der Waals surface area contributed by atoms with E-state index in [9.17, 15) is 0 Å². The number of nitrogens with two attached hydrogens (primary N) is 1. The van der Waals surface area contributed by atoms with Gasteiger partial charge in [0.25, 0.3) is 0 Å². The quantitative estimate of drug-likeness (QED) is 0.815. The van der Waals surface area contributed by atoms with Crippen LogP contribution in [-0.2, 0) is 0 Å². The second-order valence-corrected chi connectivity index (χ2v) is 5.18. The maximum atomic E-state index is 6.12. The Labute approximate surface area is 118 Å². The van der Waals surface area contributed by atoms with Crippen molar-refractivity contribution in [2.45, 2.75) is 30.4 Å². The van der Waals surface area contributed by atoms with E-state index in [0.717, 1.165) is 17.9 Å². The fraction of sp³-hybridized carbons (Fsp3) is 0.333. The van der Waals surface area contributed by atoms with Crippen molar-refractivity contribution in [2.75, 3.05) is 6.26 Å². The molecule has 0 aliphatic rings. The minimum absolute atomic E-state index is 0.0913. The fourth-order valence-corrected chi connectivity index (χ4v) is 2.23. The summed E-state index contributed by atoms with van der Waals surface area (Å²) in [6, 6.07) is 11.7. The second-order valence-electron chi connectivity index (χ2n) is 4.30. The summed E-state index contributed by atoms with van der Waals surface area (Å²) in [6.45, 7) is 2.04. The molecule has 2 N–H and O–H groups in total. The molecule has 0 radical (unpaired) electrons. The Morgan fingerprint density at radius 3 is 2.53 bits per heavy atom. The molecule has 1 aromatic carbocycles. The summed E-state index contributed by atoms with van der Waals surface area (Å²) in [5, 5.41) is 0. The van der Waals surface area contributed by atoms with E-state index in [0.29, 0.717) is 0 Å². The van der Waals surface area contributed by atoms with Gasteiger partial charge in [-0.05, 0) is 49.1 Å². The molecule has 0 saturated carbocycles. The zero-order chi connectivity index (χ0) is 13.7. The van der Waals surface area contributed by atoms with E-state index in [1.807, 2.05) is 43.3 Å². The van der Waals surface area contributed by atoms with E-state index in [1.165, 1.54) is 4.90 Å². The summed E-state index contributed by atoms with van der Waals surface area (Å²) in [4.78, 5) is 1.21. The topological polar surface area (TPSA) is 48.4 Å². The standard InChI is InChI=1S/C15H19NO2S/c1-3-13(16)15(14-5-4-10-17-14)18-11-6-8-12(19-2)9-7-11/h4-10,13,15H,3,16H2,1-2H3. The van der Waals surface area contributed by atoms with Gasteiger partial charge in [-0.1, -0.05) is 6.92 Å². The van der Waals surface area contributed by atoms with E-state index in [4.69, 9.17) is 14.9 Å². The number of benzene rings is 1. The maximum Gasteiger partial charge on any atom is 0.171 e. The molecule has 1 heterocycles.